The lowest BCUT2D eigenvalue weighted by Crippen LogP contribution is -2.30. The Labute approximate surface area is 101 Å². The van der Waals surface area contributed by atoms with Crippen LogP contribution in [0.15, 0.2) is 24.3 Å². The number of ether oxygens (including phenoxy) is 1. The fraction of sp³-hybridized carbons (Fsp3) is 0.429. The maximum atomic E-state index is 11.8. The number of aryl methyl sites for hydroxylation is 1. The average molecular weight is 232 g/mol. The second-order valence-electron chi connectivity index (χ2n) is 4.42. The molecule has 0 radical (unpaired) electrons. The van der Waals surface area contributed by atoms with Crippen LogP contribution in [0.4, 0.5) is 0 Å². The van der Waals surface area contributed by atoms with Gasteiger partial charge in [-0.3, -0.25) is 9.59 Å². The standard InChI is InChI=1S/C14H16O3/c1-3-10-5-7-11(8-6-10)14(4-2)9-12(15)17-13(14)16/h5-8H,3-4,9H2,1-2H3. The molecule has 1 atom stereocenters. The molecule has 1 fully saturated rings. The third-order valence-electron chi connectivity index (χ3n) is 3.56. The first kappa shape index (κ1) is 11.8. The van der Waals surface area contributed by atoms with Gasteiger partial charge in [0.15, 0.2) is 0 Å². The lowest BCUT2D eigenvalue weighted by Gasteiger charge is -2.22. The van der Waals surface area contributed by atoms with Crippen LogP contribution in [0, 0.1) is 0 Å². The maximum absolute atomic E-state index is 11.8. The lowest BCUT2D eigenvalue weighted by atomic mass is 9.76. The summed E-state index contributed by atoms with van der Waals surface area (Å²) in [5, 5.41) is 0. The number of carbonyl (C=O) groups excluding carboxylic acids is 2. The highest BCUT2D eigenvalue weighted by atomic mass is 16.6. The van der Waals surface area contributed by atoms with Gasteiger partial charge in [0.25, 0.3) is 0 Å². The predicted octanol–water partition coefficient (Wildman–Crippen LogP) is 2.37. The molecule has 1 aromatic rings. The number of benzene rings is 1. The third kappa shape index (κ3) is 1.86. The van der Waals surface area contributed by atoms with E-state index in [1.165, 1.54) is 5.56 Å². The SMILES string of the molecule is CCc1ccc(C2(CC)CC(=O)OC2=O)cc1. The normalized spacial score (nSPS) is 23.9. The summed E-state index contributed by atoms with van der Waals surface area (Å²) in [6.07, 6.45) is 1.71. The average Bonchev–Trinajstić information content (AvgIpc) is 2.65. The molecule has 3 heteroatoms. The number of cyclic esters (lactones) is 2. The minimum absolute atomic E-state index is 0.161. The number of rotatable bonds is 3. The van der Waals surface area contributed by atoms with Crippen molar-refractivity contribution >= 4 is 11.9 Å². The Balaban J connectivity index is 2.41. The molecular weight excluding hydrogens is 216 g/mol. The molecule has 0 spiro atoms. The fourth-order valence-corrected chi connectivity index (χ4v) is 2.31. The summed E-state index contributed by atoms with van der Waals surface area (Å²) >= 11 is 0. The first-order chi connectivity index (χ1) is 8.12. The van der Waals surface area contributed by atoms with Crippen LogP contribution >= 0.6 is 0 Å². The van der Waals surface area contributed by atoms with Crippen molar-refractivity contribution in [3.8, 4) is 0 Å². The summed E-state index contributed by atoms with van der Waals surface area (Å²) in [5.74, 6) is -0.828. The van der Waals surface area contributed by atoms with Gasteiger partial charge in [-0.05, 0) is 24.0 Å². The van der Waals surface area contributed by atoms with Crippen molar-refractivity contribution in [3.05, 3.63) is 35.4 Å². The van der Waals surface area contributed by atoms with Crippen LogP contribution < -0.4 is 0 Å². The highest BCUT2D eigenvalue weighted by molar-refractivity contribution is 6.01. The first-order valence-corrected chi connectivity index (χ1v) is 5.97. The van der Waals surface area contributed by atoms with Gasteiger partial charge in [-0.1, -0.05) is 38.1 Å². The third-order valence-corrected chi connectivity index (χ3v) is 3.56. The summed E-state index contributed by atoms with van der Waals surface area (Å²) in [5.41, 5.74) is 1.34. The summed E-state index contributed by atoms with van der Waals surface area (Å²) < 4.78 is 4.70. The molecule has 1 saturated heterocycles. The molecule has 1 aliphatic heterocycles. The van der Waals surface area contributed by atoms with E-state index in [-0.39, 0.29) is 6.42 Å². The van der Waals surface area contributed by atoms with Gasteiger partial charge >= 0.3 is 11.9 Å². The number of esters is 2. The zero-order valence-corrected chi connectivity index (χ0v) is 10.2. The molecule has 0 saturated carbocycles. The van der Waals surface area contributed by atoms with Crippen LogP contribution in [-0.2, 0) is 26.2 Å². The summed E-state index contributed by atoms with van der Waals surface area (Å²) in [6, 6.07) is 7.87. The van der Waals surface area contributed by atoms with Crippen molar-refractivity contribution in [3.63, 3.8) is 0 Å². The molecule has 90 valence electrons. The largest absolute Gasteiger partial charge is 0.392 e. The highest BCUT2D eigenvalue weighted by Gasteiger charge is 2.49. The molecule has 1 heterocycles. The van der Waals surface area contributed by atoms with E-state index < -0.39 is 17.4 Å². The molecular formula is C14H16O3. The Morgan fingerprint density at radius 3 is 2.24 bits per heavy atom. The Morgan fingerprint density at radius 2 is 1.82 bits per heavy atom. The Bertz CT molecular complexity index is 447. The van der Waals surface area contributed by atoms with E-state index >= 15 is 0 Å². The van der Waals surface area contributed by atoms with Crippen LogP contribution in [-0.4, -0.2) is 11.9 Å². The first-order valence-electron chi connectivity index (χ1n) is 5.97. The van der Waals surface area contributed by atoms with Crippen LogP contribution in [0.25, 0.3) is 0 Å². The monoisotopic (exact) mass is 232 g/mol. The molecule has 0 bridgehead atoms. The van der Waals surface area contributed by atoms with Crippen LogP contribution in [0.5, 0.6) is 0 Å². The van der Waals surface area contributed by atoms with E-state index in [0.717, 1.165) is 12.0 Å². The van der Waals surface area contributed by atoms with Gasteiger partial charge in [-0.25, -0.2) is 0 Å². The zero-order chi connectivity index (χ0) is 12.5. The van der Waals surface area contributed by atoms with Gasteiger partial charge in [0.2, 0.25) is 0 Å². The highest BCUT2D eigenvalue weighted by Crippen LogP contribution is 2.38. The van der Waals surface area contributed by atoms with E-state index in [1.54, 1.807) is 0 Å². The summed E-state index contributed by atoms with van der Waals surface area (Å²) in [4.78, 5) is 23.1. The van der Waals surface area contributed by atoms with E-state index in [0.29, 0.717) is 6.42 Å². The molecule has 17 heavy (non-hydrogen) atoms. The van der Waals surface area contributed by atoms with Gasteiger partial charge in [0, 0.05) is 0 Å². The fourth-order valence-electron chi connectivity index (χ4n) is 2.31. The van der Waals surface area contributed by atoms with Gasteiger partial charge in [-0.15, -0.1) is 0 Å². The quantitative estimate of drug-likeness (QED) is 0.593. The molecule has 0 aromatic heterocycles. The van der Waals surface area contributed by atoms with E-state index in [1.807, 2.05) is 31.2 Å². The van der Waals surface area contributed by atoms with Crippen molar-refractivity contribution in [2.75, 3.05) is 0 Å². The lowest BCUT2D eigenvalue weighted by molar-refractivity contribution is -0.153. The van der Waals surface area contributed by atoms with Crippen molar-refractivity contribution in [1.82, 2.24) is 0 Å². The molecule has 0 aliphatic carbocycles. The van der Waals surface area contributed by atoms with Gasteiger partial charge in [0.05, 0.1) is 6.42 Å². The molecule has 1 aliphatic rings. The Kier molecular flexibility index (Phi) is 3.01. The maximum Gasteiger partial charge on any atom is 0.324 e. The van der Waals surface area contributed by atoms with E-state index in [4.69, 9.17) is 4.74 Å². The minimum Gasteiger partial charge on any atom is -0.392 e. The molecule has 1 unspecified atom stereocenters. The minimum atomic E-state index is -0.761. The molecule has 3 nitrogen and oxygen atoms in total. The van der Waals surface area contributed by atoms with Gasteiger partial charge < -0.3 is 4.74 Å². The summed E-state index contributed by atoms with van der Waals surface area (Å²) in [6.45, 7) is 3.99. The number of carbonyl (C=O) groups is 2. The second kappa shape index (κ2) is 4.32. The molecule has 1 aromatic carbocycles. The van der Waals surface area contributed by atoms with Crippen molar-refractivity contribution < 1.29 is 14.3 Å². The van der Waals surface area contributed by atoms with Crippen molar-refractivity contribution in [2.24, 2.45) is 0 Å². The van der Waals surface area contributed by atoms with Crippen molar-refractivity contribution in [2.45, 2.75) is 38.5 Å². The van der Waals surface area contributed by atoms with Gasteiger partial charge in [-0.2, -0.15) is 0 Å². The number of hydrogen-bond donors (Lipinski definition) is 0. The number of hydrogen-bond acceptors (Lipinski definition) is 3. The van der Waals surface area contributed by atoms with Crippen LogP contribution in [0.1, 0.15) is 37.8 Å². The Morgan fingerprint density at radius 1 is 1.18 bits per heavy atom. The zero-order valence-electron chi connectivity index (χ0n) is 10.2. The molecule has 0 N–H and O–H groups in total. The van der Waals surface area contributed by atoms with Crippen LogP contribution in [0.3, 0.4) is 0 Å². The smallest absolute Gasteiger partial charge is 0.324 e. The predicted molar refractivity (Wildman–Crippen MR) is 63.5 cm³/mol. The second-order valence-corrected chi connectivity index (χ2v) is 4.42. The van der Waals surface area contributed by atoms with Crippen molar-refractivity contribution in [1.29, 1.82) is 0 Å². The topological polar surface area (TPSA) is 43.4 Å². The molecule has 0 amide bonds. The Hall–Kier alpha value is -1.64. The van der Waals surface area contributed by atoms with Crippen LogP contribution in [0.2, 0.25) is 0 Å². The van der Waals surface area contributed by atoms with E-state index in [2.05, 4.69) is 6.92 Å². The van der Waals surface area contributed by atoms with E-state index in [9.17, 15) is 9.59 Å². The summed E-state index contributed by atoms with van der Waals surface area (Å²) in [7, 11) is 0. The molecule has 2 rings (SSSR count). The van der Waals surface area contributed by atoms with Gasteiger partial charge in [0.1, 0.15) is 5.41 Å².